The predicted molar refractivity (Wildman–Crippen MR) is 84.1 cm³/mol. The number of hydrogen-bond acceptors (Lipinski definition) is 4. The molecule has 1 aliphatic rings. The van der Waals surface area contributed by atoms with Crippen molar-refractivity contribution in [1.29, 1.82) is 0 Å². The van der Waals surface area contributed by atoms with Gasteiger partial charge in [0.1, 0.15) is 6.61 Å². The number of methoxy groups -OCH3 is 1. The lowest BCUT2D eigenvalue weighted by molar-refractivity contribution is -0.0329. The summed E-state index contributed by atoms with van der Waals surface area (Å²) in [5, 5.41) is 3.30. The molecule has 1 aliphatic heterocycles. The Morgan fingerprint density at radius 2 is 2.14 bits per heavy atom. The molecule has 0 saturated carbocycles. The highest BCUT2D eigenvalue weighted by molar-refractivity contribution is 5.43. The molecule has 1 saturated heterocycles. The third-order valence-corrected chi connectivity index (χ3v) is 3.79. The summed E-state index contributed by atoms with van der Waals surface area (Å²) in [6, 6.07) is 6.07. The number of rotatable bonds is 7. The number of hydrogen-bond donors (Lipinski definition) is 1. The molecule has 118 valence electrons. The standard InChI is InChI=1S/C17H27NO3/c1-5-18-11-13-6-7-15(16(10-13)19-4)20-12-14-8-9-17(2,3)21-14/h6-7,10,14,18H,5,8-9,11-12H2,1-4H3. The lowest BCUT2D eigenvalue weighted by Crippen LogP contribution is -2.24. The van der Waals surface area contributed by atoms with E-state index in [-0.39, 0.29) is 11.7 Å². The van der Waals surface area contributed by atoms with Gasteiger partial charge in [-0.15, -0.1) is 0 Å². The van der Waals surface area contributed by atoms with Crippen molar-refractivity contribution in [2.24, 2.45) is 0 Å². The summed E-state index contributed by atoms with van der Waals surface area (Å²) in [7, 11) is 1.68. The first-order valence-electron chi connectivity index (χ1n) is 7.72. The van der Waals surface area contributed by atoms with E-state index in [2.05, 4.69) is 32.2 Å². The van der Waals surface area contributed by atoms with Crippen LogP contribution < -0.4 is 14.8 Å². The Balaban J connectivity index is 1.93. The van der Waals surface area contributed by atoms with Crippen molar-refractivity contribution in [2.45, 2.75) is 51.9 Å². The molecular weight excluding hydrogens is 266 g/mol. The Kier molecular flexibility index (Phi) is 5.48. The lowest BCUT2D eigenvalue weighted by atomic mass is 10.1. The van der Waals surface area contributed by atoms with Crippen LogP contribution in [0.5, 0.6) is 11.5 Å². The van der Waals surface area contributed by atoms with Gasteiger partial charge in [-0.2, -0.15) is 0 Å². The van der Waals surface area contributed by atoms with E-state index < -0.39 is 0 Å². The maximum atomic E-state index is 5.95. The monoisotopic (exact) mass is 293 g/mol. The average Bonchev–Trinajstić information content (AvgIpc) is 2.82. The van der Waals surface area contributed by atoms with Gasteiger partial charge < -0.3 is 19.5 Å². The van der Waals surface area contributed by atoms with Crippen LogP contribution in [-0.2, 0) is 11.3 Å². The first kappa shape index (κ1) is 16.1. The third-order valence-electron chi connectivity index (χ3n) is 3.79. The van der Waals surface area contributed by atoms with Gasteiger partial charge in [-0.3, -0.25) is 0 Å². The molecule has 1 N–H and O–H groups in total. The largest absolute Gasteiger partial charge is 0.493 e. The van der Waals surface area contributed by atoms with E-state index in [9.17, 15) is 0 Å². The zero-order valence-electron chi connectivity index (χ0n) is 13.6. The average molecular weight is 293 g/mol. The first-order chi connectivity index (χ1) is 10.0. The molecule has 1 unspecified atom stereocenters. The van der Waals surface area contributed by atoms with Gasteiger partial charge >= 0.3 is 0 Å². The van der Waals surface area contributed by atoms with Crippen LogP contribution in [0.15, 0.2) is 18.2 Å². The minimum absolute atomic E-state index is 0.0200. The molecule has 0 aromatic heterocycles. The quantitative estimate of drug-likeness (QED) is 0.838. The summed E-state index contributed by atoms with van der Waals surface area (Å²) in [5.74, 6) is 1.56. The normalized spacial score (nSPS) is 20.5. The van der Waals surface area contributed by atoms with Crippen molar-refractivity contribution >= 4 is 0 Å². The summed E-state index contributed by atoms with van der Waals surface area (Å²) in [5.41, 5.74) is 1.17. The molecule has 4 nitrogen and oxygen atoms in total. The minimum Gasteiger partial charge on any atom is -0.493 e. The molecule has 1 aromatic carbocycles. The Hall–Kier alpha value is -1.26. The van der Waals surface area contributed by atoms with Crippen LogP contribution in [0.4, 0.5) is 0 Å². The smallest absolute Gasteiger partial charge is 0.161 e. The maximum absolute atomic E-state index is 5.95. The van der Waals surface area contributed by atoms with Gasteiger partial charge in [0, 0.05) is 6.54 Å². The zero-order valence-corrected chi connectivity index (χ0v) is 13.6. The van der Waals surface area contributed by atoms with E-state index in [1.54, 1.807) is 7.11 Å². The van der Waals surface area contributed by atoms with Crippen molar-refractivity contribution in [3.8, 4) is 11.5 Å². The Labute approximate surface area is 127 Å². The first-order valence-corrected chi connectivity index (χ1v) is 7.72. The Morgan fingerprint density at radius 3 is 2.76 bits per heavy atom. The van der Waals surface area contributed by atoms with Crippen LogP contribution in [0, 0.1) is 0 Å². The Bertz CT molecular complexity index is 459. The molecule has 2 rings (SSSR count). The van der Waals surface area contributed by atoms with Gasteiger partial charge in [0.05, 0.1) is 18.8 Å². The molecular formula is C17H27NO3. The van der Waals surface area contributed by atoms with Gasteiger partial charge in [-0.1, -0.05) is 13.0 Å². The molecule has 1 aromatic rings. The van der Waals surface area contributed by atoms with Gasteiger partial charge in [0.15, 0.2) is 11.5 Å². The fraction of sp³-hybridized carbons (Fsp3) is 0.647. The summed E-state index contributed by atoms with van der Waals surface area (Å²) in [6.07, 6.45) is 2.30. The molecule has 21 heavy (non-hydrogen) atoms. The van der Waals surface area contributed by atoms with Crippen LogP contribution in [0.25, 0.3) is 0 Å². The van der Waals surface area contributed by atoms with Crippen LogP contribution in [0.3, 0.4) is 0 Å². The van der Waals surface area contributed by atoms with Crippen molar-refractivity contribution in [3.05, 3.63) is 23.8 Å². The second-order valence-electron chi connectivity index (χ2n) is 6.11. The topological polar surface area (TPSA) is 39.7 Å². The zero-order chi connectivity index (χ0) is 15.3. The highest BCUT2D eigenvalue weighted by Crippen LogP contribution is 2.32. The predicted octanol–water partition coefficient (Wildman–Crippen LogP) is 3.14. The van der Waals surface area contributed by atoms with Crippen molar-refractivity contribution in [2.75, 3.05) is 20.3 Å². The lowest BCUT2D eigenvalue weighted by Gasteiger charge is -2.20. The second-order valence-corrected chi connectivity index (χ2v) is 6.11. The summed E-state index contributed by atoms with van der Waals surface area (Å²) < 4.78 is 17.3. The van der Waals surface area contributed by atoms with Crippen LogP contribution >= 0.6 is 0 Å². The summed E-state index contributed by atoms with van der Waals surface area (Å²) >= 11 is 0. The van der Waals surface area contributed by atoms with E-state index >= 15 is 0 Å². The fourth-order valence-electron chi connectivity index (χ4n) is 2.59. The van der Waals surface area contributed by atoms with Crippen LogP contribution in [0.1, 0.15) is 39.2 Å². The molecule has 0 aliphatic carbocycles. The van der Waals surface area contributed by atoms with Gasteiger partial charge in [-0.25, -0.2) is 0 Å². The van der Waals surface area contributed by atoms with E-state index in [0.29, 0.717) is 6.61 Å². The van der Waals surface area contributed by atoms with Gasteiger partial charge in [-0.05, 0) is 50.9 Å². The fourth-order valence-corrected chi connectivity index (χ4v) is 2.59. The minimum atomic E-state index is -0.0200. The van der Waals surface area contributed by atoms with E-state index in [1.165, 1.54) is 5.56 Å². The number of benzene rings is 1. The number of ether oxygens (including phenoxy) is 3. The molecule has 1 fully saturated rings. The second kappa shape index (κ2) is 7.14. The molecule has 1 atom stereocenters. The number of nitrogens with one attached hydrogen (secondary N) is 1. The van der Waals surface area contributed by atoms with Crippen LogP contribution in [-0.4, -0.2) is 32.0 Å². The SMILES string of the molecule is CCNCc1ccc(OCC2CCC(C)(C)O2)c(OC)c1. The van der Waals surface area contributed by atoms with E-state index in [1.807, 2.05) is 12.1 Å². The van der Waals surface area contributed by atoms with E-state index in [4.69, 9.17) is 14.2 Å². The third kappa shape index (κ3) is 4.61. The summed E-state index contributed by atoms with van der Waals surface area (Å²) in [6.45, 7) is 8.72. The van der Waals surface area contributed by atoms with Crippen molar-refractivity contribution in [1.82, 2.24) is 5.32 Å². The highest BCUT2D eigenvalue weighted by atomic mass is 16.6. The Morgan fingerprint density at radius 1 is 1.33 bits per heavy atom. The van der Waals surface area contributed by atoms with E-state index in [0.717, 1.165) is 37.4 Å². The highest BCUT2D eigenvalue weighted by Gasteiger charge is 2.32. The molecule has 0 amide bonds. The van der Waals surface area contributed by atoms with Crippen LogP contribution in [0.2, 0.25) is 0 Å². The molecule has 1 heterocycles. The molecule has 0 spiro atoms. The maximum Gasteiger partial charge on any atom is 0.161 e. The van der Waals surface area contributed by atoms with Crippen molar-refractivity contribution < 1.29 is 14.2 Å². The van der Waals surface area contributed by atoms with Crippen molar-refractivity contribution in [3.63, 3.8) is 0 Å². The molecule has 4 heteroatoms. The molecule has 0 radical (unpaired) electrons. The van der Waals surface area contributed by atoms with Gasteiger partial charge in [0.2, 0.25) is 0 Å². The summed E-state index contributed by atoms with van der Waals surface area (Å²) in [4.78, 5) is 0. The van der Waals surface area contributed by atoms with Gasteiger partial charge in [0.25, 0.3) is 0 Å². The molecule has 0 bridgehead atoms.